The van der Waals surface area contributed by atoms with Crippen LogP contribution in [0.15, 0.2) is 41.2 Å². The number of benzene rings is 1. The molecule has 10 unspecified atom stereocenters. The van der Waals surface area contributed by atoms with Gasteiger partial charge in [-0.1, -0.05) is 32.0 Å². The third-order valence-corrected chi connectivity index (χ3v) is 11.4. The number of carbonyl (C=O) groups is 4. The van der Waals surface area contributed by atoms with Gasteiger partial charge in [0.1, 0.15) is 37.1 Å². The number of methoxy groups -OCH3 is 1. The normalized spacial score (nSPS) is 30.8. The lowest BCUT2D eigenvalue weighted by molar-refractivity contribution is -0.437. The highest BCUT2D eigenvalue weighted by atomic mass is 17.2. The van der Waals surface area contributed by atoms with Gasteiger partial charge in [0.05, 0.1) is 48.6 Å². The van der Waals surface area contributed by atoms with Crippen molar-refractivity contribution in [1.29, 1.82) is 0 Å². The van der Waals surface area contributed by atoms with Crippen molar-refractivity contribution < 1.29 is 72.7 Å². The molecular weight excluding hydrogens is 792 g/mol. The molecule has 2 amide bonds. The molecule has 0 radical (unpaired) electrons. The number of rotatable bonds is 13. The smallest absolute Gasteiger partial charge is 0.355 e. The molecule has 20 nitrogen and oxygen atoms in total. The van der Waals surface area contributed by atoms with E-state index >= 15 is 0 Å². The fourth-order valence-corrected chi connectivity index (χ4v) is 8.13. The van der Waals surface area contributed by atoms with E-state index in [0.717, 1.165) is 16.5 Å². The molecule has 7 rings (SSSR count). The van der Waals surface area contributed by atoms with Gasteiger partial charge >= 0.3 is 11.9 Å². The second-order valence-electron chi connectivity index (χ2n) is 15.1. The monoisotopic (exact) mass is 840 g/mol. The molecule has 1 aromatic carbocycles. The maximum atomic E-state index is 13.9. The number of aromatic nitrogens is 2. The van der Waals surface area contributed by atoms with Crippen molar-refractivity contribution in [1.82, 2.24) is 20.2 Å². The number of amides is 2. The fraction of sp³-hybridized carbons (Fsp3) is 0.550. The van der Waals surface area contributed by atoms with E-state index in [4.69, 9.17) is 43.2 Å². The summed E-state index contributed by atoms with van der Waals surface area (Å²) >= 11 is 0. The number of esters is 2. The average Bonchev–Trinajstić information content (AvgIpc) is 3.59. The number of carbonyl (C=O) groups excluding carboxylic acids is 4. The zero-order chi connectivity index (χ0) is 43.0. The van der Waals surface area contributed by atoms with Crippen LogP contribution in [-0.2, 0) is 76.1 Å². The number of cyclic esters (lactones) is 1. The van der Waals surface area contributed by atoms with Crippen molar-refractivity contribution in [2.24, 2.45) is 5.92 Å². The van der Waals surface area contributed by atoms with Crippen molar-refractivity contribution in [3.05, 3.63) is 63.4 Å². The molecule has 4 aliphatic rings. The number of fused-ring (bicyclic) bond motifs is 5. The molecular formula is C40H48N4O16. The van der Waals surface area contributed by atoms with Crippen LogP contribution in [0.2, 0.25) is 0 Å². The summed E-state index contributed by atoms with van der Waals surface area (Å²) in [6.45, 7) is 4.00. The minimum absolute atomic E-state index is 0.0705. The van der Waals surface area contributed by atoms with Gasteiger partial charge in [-0.05, 0) is 24.6 Å². The highest BCUT2D eigenvalue weighted by Crippen LogP contribution is 2.41. The fourth-order valence-electron chi connectivity index (χ4n) is 8.13. The van der Waals surface area contributed by atoms with Crippen molar-refractivity contribution in [2.75, 3.05) is 20.8 Å². The minimum atomic E-state index is -1.97. The predicted octanol–water partition coefficient (Wildman–Crippen LogP) is -0.233. The number of ether oxygens (including phenoxy) is 6. The Labute approximate surface area is 342 Å². The maximum absolute atomic E-state index is 13.9. The first-order valence-corrected chi connectivity index (χ1v) is 19.5. The van der Waals surface area contributed by atoms with Crippen LogP contribution < -0.4 is 16.2 Å². The first-order valence-electron chi connectivity index (χ1n) is 19.5. The molecule has 5 N–H and O–H groups in total. The van der Waals surface area contributed by atoms with Crippen molar-refractivity contribution in [3.63, 3.8) is 0 Å². The van der Waals surface area contributed by atoms with Gasteiger partial charge in [0, 0.05) is 49.4 Å². The van der Waals surface area contributed by atoms with Crippen LogP contribution in [0.3, 0.4) is 0 Å². The molecule has 20 heteroatoms. The quantitative estimate of drug-likeness (QED) is 0.0661. The summed E-state index contributed by atoms with van der Waals surface area (Å²) in [6, 6.07) is 10.00. The van der Waals surface area contributed by atoms with Crippen LogP contribution in [-0.4, -0.2) is 125 Å². The van der Waals surface area contributed by atoms with E-state index in [0.29, 0.717) is 11.4 Å². The zero-order valence-corrected chi connectivity index (χ0v) is 33.5. The summed E-state index contributed by atoms with van der Waals surface area (Å²) in [5.74, 6) is -3.72. The summed E-state index contributed by atoms with van der Waals surface area (Å²) in [4.78, 5) is 80.6. The summed E-state index contributed by atoms with van der Waals surface area (Å²) < 4.78 is 35.8. The Balaban J connectivity index is 1.03. The minimum Gasteiger partial charge on any atom is -0.457 e. The largest absolute Gasteiger partial charge is 0.457 e. The maximum Gasteiger partial charge on any atom is 0.355 e. The van der Waals surface area contributed by atoms with E-state index in [1.54, 1.807) is 24.5 Å². The van der Waals surface area contributed by atoms with Gasteiger partial charge in [-0.15, -0.1) is 0 Å². The molecule has 0 aliphatic carbocycles. The van der Waals surface area contributed by atoms with Crippen LogP contribution in [0.1, 0.15) is 56.7 Å². The van der Waals surface area contributed by atoms with E-state index in [1.165, 1.54) is 21.1 Å². The van der Waals surface area contributed by atoms with Crippen LogP contribution in [0, 0.1) is 5.92 Å². The van der Waals surface area contributed by atoms with Gasteiger partial charge in [0.15, 0.2) is 18.9 Å². The van der Waals surface area contributed by atoms with Gasteiger partial charge in [-0.3, -0.25) is 19.2 Å². The summed E-state index contributed by atoms with van der Waals surface area (Å²) in [6.07, 6.45) is -12.2. The van der Waals surface area contributed by atoms with Gasteiger partial charge in [-0.25, -0.2) is 19.6 Å². The molecule has 4 aliphatic heterocycles. The van der Waals surface area contributed by atoms with Gasteiger partial charge in [0.2, 0.25) is 17.4 Å². The molecule has 324 valence electrons. The Hall–Kier alpha value is -4.90. The molecule has 6 heterocycles. The lowest BCUT2D eigenvalue weighted by Crippen LogP contribution is -2.68. The number of aliphatic hydroxyl groups is 3. The summed E-state index contributed by atoms with van der Waals surface area (Å²) in [7, 11) is 2.50. The van der Waals surface area contributed by atoms with E-state index in [2.05, 4.69) is 10.6 Å². The van der Waals surface area contributed by atoms with Crippen molar-refractivity contribution in [2.45, 2.75) is 114 Å². The van der Waals surface area contributed by atoms with Crippen molar-refractivity contribution in [3.8, 4) is 11.4 Å². The molecule has 0 bridgehead atoms. The van der Waals surface area contributed by atoms with Crippen LogP contribution in [0.25, 0.3) is 22.3 Å². The Morgan fingerprint density at radius 2 is 1.77 bits per heavy atom. The molecule has 0 saturated carbocycles. The summed E-state index contributed by atoms with van der Waals surface area (Å²) in [5.41, 5.74) is 0.592. The summed E-state index contributed by atoms with van der Waals surface area (Å²) in [5, 5.41) is 39.0. The lowest BCUT2D eigenvalue weighted by atomic mass is 9.85. The van der Waals surface area contributed by atoms with Crippen molar-refractivity contribution >= 4 is 34.7 Å². The first kappa shape index (κ1) is 43.2. The molecule has 11 atom stereocenters. The highest BCUT2D eigenvalue weighted by Gasteiger charge is 2.53. The number of para-hydroxylation sites is 1. The van der Waals surface area contributed by atoms with Crippen LogP contribution in [0.5, 0.6) is 0 Å². The topological polar surface area (TPSA) is 262 Å². The molecule has 3 aromatic rings. The Kier molecular flexibility index (Phi) is 12.7. The molecule has 0 spiro atoms. The standard InChI is InChI=1S/C40H48N4O16/c1-6-40(23-14-25-29-21(13-20-9-7-8-10-24(20)43-29)16-44(25)35(51)22(23)17-55-39(40)52)59-28(47)12-11-27(46)41-15-26-32(49)34(30(42-19(3)45)37(53-4)56-26)57-38-33(50)31(48)18(2)36(58-38)60-54-5/h7-10,13-14,18,26,30-34,36-38,48-50H,6,11-12,15-17H2,1-5H3,(H,41,46)(H,42,45)/t18?,26?,30?,31?,32?,33?,34?,36?,37?,38?,40-/m0/s1. The molecule has 2 fully saturated rings. The SMILES string of the molecule is CC[C@@]1(OC(=O)CCC(=O)NCC2OC(OC)C(NC(C)=O)C(OC3OC(OOC)C(C)C(O)C3O)C2O)C(=O)OCc2c1cc1n(c2=O)Cc2cc3ccccc3nc2-1. The zero-order valence-electron chi connectivity index (χ0n) is 33.5. The van der Waals surface area contributed by atoms with Crippen LogP contribution >= 0.6 is 0 Å². The number of nitrogens with zero attached hydrogens (tertiary/aromatic N) is 2. The Bertz CT molecular complexity index is 2200. The van der Waals surface area contributed by atoms with E-state index < -0.39 is 109 Å². The first-order chi connectivity index (χ1) is 28.7. The van der Waals surface area contributed by atoms with Gasteiger partial charge < -0.3 is 58.9 Å². The Morgan fingerprint density at radius 1 is 1.00 bits per heavy atom. The number of nitrogens with one attached hydrogen (secondary N) is 2. The predicted molar refractivity (Wildman–Crippen MR) is 203 cm³/mol. The Morgan fingerprint density at radius 3 is 2.48 bits per heavy atom. The molecule has 2 saturated heterocycles. The number of hydrogen-bond donors (Lipinski definition) is 5. The number of hydrogen-bond acceptors (Lipinski definition) is 17. The number of aliphatic hydroxyl groups excluding tert-OH is 3. The molecule has 2 aromatic heterocycles. The third-order valence-electron chi connectivity index (χ3n) is 11.4. The molecule has 60 heavy (non-hydrogen) atoms. The highest BCUT2D eigenvalue weighted by molar-refractivity contribution is 5.89. The van der Waals surface area contributed by atoms with Gasteiger partial charge in [0.25, 0.3) is 5.56 Å². The van der Waals surface area contributed by atoms with E-state index in [9.17, 15) is 39.3 Å². The van der Waals surface area contributed by atoms with E-state index in [1.807, 2.05) is 30.3 Å². The average molecular weight is 841 g/mol. The second-order valence-corrected chi connectivity index (χ2v) is 15.1. The van der Waals surface area contributed by atoms with Crippen LogP contribution in [0.4, 0.5) is 0 Å². The second kappa shape index (κ2) is 17.6. The number of pyridine rings is 2. The van der Waals surface area contributed by atoms with Gasteiger partial charge in [-0.2, -0.15) is 0 Å². The lowest BCUT2D eigenvalue weighted by Gasteiger charge is -2.47. The third kappa shape index (κ3) is 8.02. The van der Waals surface area contributed by atoms with E-state index in [-0.39, 0.29) is 37.2 Å².